The maximum absolute atomic E-state index is 13.2. The van der Waals surface area contributed by atoms with E-state index < -0.39 is 33.3 Å². The second kappa shape index (κ2) is 7.65. The highest BCUT2D eigenvalue weighted by Crippen LogP contribution is 2.51. The van der Waals surface area contributed by atoms with Gasteiger partial charge in [-0.3, -0.25) is 4.90 Å². The second-order valence-corrected chi connectivity index (χ2v) is 11.3. The molecule has 1 aliphatic rings. The number of hydrogen-bond donors (Lipinski definition) is 1. The Labute approximate surface area is 182 Å². The van der Waals surface area contributed by atoms with Crippen LogP contribution in [0.15, 0.2) is 54.6 Å². The number of carboxylic acid groups (broad SMARTS) is 1. The number of aliphatic carboxylic acids is 1. The summed E-state index contributed by atoms with van der Waals surface area (Å²) < 4.78 is 5.24. The lowest BCUT2D eigenvalue weighted by Gasteiger charge is -2.36. The van der Waals surface area contributed by atoms with Gasteiger partial charge in [-0.15, -0.1) is 11.8 Å². The minimum Gasteiger partial charge on any atom is -0.480 e. The van der Waals surface area contributed by atoms with E-state index in [4.69, 9.17) is 4.74 Å². The molecule has 3 rings (SSSR count). The number of benzene rings is 2. The number of carboxylic acids is 1. The molecule has 1 atom stereocenters. The molecule has 0 aliphatic carbocycles. The molecule has 1 N–H and O–H groups in total. The summed E-state index contributed by atoms with van der Waals surface area (Å²) >= 11 is 1.46. The highest BCUT2D eigenvalue weighted by Gasteiger charge is 2.58. The molecule has 1 heterocycles. The van der Waals surface area contributed by atoms with Crippen molar-refractivity contribution in [3.05, 3.63) is 60.2 Å². The van der Waals surface area contributed by atoms with Gasteiger partial charge in [-0.1, -0.05) is 54.6 Å². The summed E-state index contributed by atoms with van der Waals surface area (Å²) in [5.74, 6) is -1.03. The van der Waals surface area contributed by atoms with Crippen molar-refractivity contribution in [2.24, 2.45) is 0 Å². The third-order valence-electron chi connectivity index (χ3n) is 5.47. The van der Waals surface area contributed by atoms with Gasteiger partial charge >= 0.3 is 12.1 Å². The van der Waals surface area contributed by atoms with Gasteiger partial charge in [0.25, 0.3) is 0 Å². The van der Waals surface area contributed by atoms with Crippen LogP contribution in [-0.2, 0) is 15.1 Å². The number of carbonyl (C=O) groups excluding carboxylic acids is 1. The van der Waals surface area contributed by atoms with E-state index in [1.807, 2.05) is 96.1 Å². The summed E-state index contributed by atoms with van der Waals surface area (Å²) in [5.41, 5.74) is 2.11. The second-order valence-electron chi connectivity index (χ2n) is 9.08. The molecule has 1 amide bonds. The van der Waals surface area contributed by atoms with E-state index in [0.29, 0.717) is 0 Å². The molecule has 5 nitrogen and oxygen atoms in total. The molecule has 0 unspecified atom stereocenters. The summed E-state index contributed by atoms with van der Waals surface area (Å²) in [4.78, 5) is 25.8. The zero-order valence-electron chi connectivity index (χ0n) is 18.3. The molecule has 1 aliphatic heterocycles. The molecule has 1 saturated heterocycles. The van der Waals surface area contributed by atoms with Crippen LogP contribution in [0, 0.1) is 0 Å². The van der Waals surface area contributed by atoms with Gasteiger partial charge in [0.05, 0.1) is 4.87 Å². The molecule has 0 radical (unpaired) electrons. The van der Waals surface area contributed by atoms with E-state index in [9.17, 15) is 14.7 Å². The molecule has 160 valence electrons. The molecule has 0 bridgehead atoms. The molecular weight excluding hydrogens is 398 g/mol. The normalized spacial score (nSPS) is 20.1. The van der Waals surface area contributed by atoms with E-state index in [1.165, 1.54) is 16.7 Å². The number of thioether (sulfide) groups is 1. The Kier molecular flexibility index (Phi) is 5.67. The zero-order valence-corrected chi connectivity index (χ0v) is 19.1. The molecule has 1 fully saturated rings. The topological polar surface area (TPSA) is 66.8 Å². The SMILES string of the molecule is CC(C)(OC(=O)N1[C@H](C(=O)O)C(C)(C)SC1(C)C)c1ccc(-c2ccccc2)cc1. The average molecular weight is 428 g/mol. The molecule has 0 saturated carbocycles. The Balaban J connectivity index is 1.84. The van der Waals surface area contributed by atoms with Gasteiger partial charge in [0.2, 0.25) is 0 Å². The van der Waals surface area contributed by atoms with E-state index in [1.54, 1.807) is 0 Å². The minimum atomic E-state index is -1.03. The number of ether oxygens (including phenoxy) is 1. The summed E-state index contributed by atoms with van der Waals surface area (Å²) in [6, 6.07) is 17.0. The summed E-state index contributed by atoms with van der Waals surface area (Å²) in [6.45, 7) is 11.0. The van der Waals surface area contributed by atoms with E-state index in [-0.39, 0.29) is 0 Å². The quantitative estimate of drug-likeness (QED) is 0.674. The Morgan fingerprint density at radius 1 is 0.967 bits per heavy atom. The van der Waals surface area contributed by atoms with E-state index in [2.05, 4.69) is 0 Å². The van der Waals surface area contributed by atoms with E-state index in [0.717, 1.165) is 16.7 Å². The standard InChI is InChI=1S/C24H29NO4S/c1-22(2,18-14-12-17(13-15-18)16-10-8-7-9-11-16)29-21(28)25-19(20(26)27)23(3,4)30-24(25,5)6/h7-15,19H,1-6H3,(H,26,27)/t19-/m1/s1. The highest BCUT2D eigenvalue weighted by atomic mass is 32.2. The van der Waals surface area contributed by atoms with Gasteiger partial charge in [0.15, 0.2) is 0 Å². The van der Waals surface area contributed by atoms with Crippen LogP contribution < -0.4 is 0 Å². The third-order valence-corrected chi connectivity index (χ3v) is 6.92. The fourth-order valence-electron chi connectivity index (χ4n) is 4.12. The fraction of sp³-hybridized carbons (Fsp3) is 0.417. The summed E-state index contributed by atoms with van der Waals surface area (Å²) in [7, 11) is 0. The van der Waals surface area contributed by atoms with Crippen LogP contribution in [0.2, 0.25) is 0 Å². The molecule has 0 aromatic heterocycles. The Morgan fingerprint density at radius 2 is 1.50 bits per heavy atom. The fourth-order valence-corrected chi connectivity index (χ4v) is 6.01. The highest BCUT2D eigenvalue weighted by molar-refractivity contribution is 8.02. The smallest absolute Gasteiger partial charge is 0.412 e. The first-order valence-electron chi connectivity index (χ1n) is 9.96. The molecule has 2 aromatic carbocycles. The average Bonchev–Trinajstić information content (AvgIpc) is 2.86. The lowest BCUT2D eigenvalue weighted by Crippen LogP contribution is -2.54. The lowest BCUT2D eigenvalue weighted by atomic mass is 9.95. The molecule has 30 heavy (non-hydrogen) atoms. The van der Waals surface area contributed by atoms with Crippen LogP contribution in [0.25, 0.3) is 11.1 Å². The van der Waals surface area contributed by atoms with Crippen molar-refractivity contribution in [1.82, 2.24) is 4.90 Å². The molecular formula is C24H29NO4S. The zero-order chi connectivity index (χ0) is 22.3. The maximum atomic E-state index is 13.2. The van der Waals surface area contributed by atoms with Crippen molar-refractivity contribution in [2.75, 3.05) is 0 Å². The van der Waals surface area contributed by atoms with Gasteiger partial charge < -0.3 is 9.84 Å². The van der Waals surface area contributed by atoms with Gasteiger partial charge in [-0.05, 0) is 58.2 Å². The predicted octanol–water partition coefficient (Wildman–Crippen LogP) is 5.74. The third kappa shape index (κ3) is 4.19. The monoisotopic (exact) mass is 427 g/mol. The number of rotatable bonds is 4. The van der Waals surface area contributed by atoms with Gasteiger partial charge in [0.1, 0.15) is 11.6 Å². The van der Waals surface area contributed by atoms with Crippen LogP contribution in [0.4, 0.5) is 4.79 Å². The number of amides is 1. The van der Waals surface area contributed by atoms with Gasteiger partial charge in [-0.2, -0.15) is 0 Å². The minimum absolute atomic E-state index is 0.623. The predicted molar refractivity (Wildman–Crippen MR) is 120 cm³/mol. The van der Waals surface area contributed by atoms with Crippen LogP contribution >= 0.6 is 11.8 Å². The maximum Gasteiger partial charge on any atom is 0.412 e. The number of carbonyl (C=O) groups is 2. The molecule has 6 heteroatoms. The van der Waals surface area contributed by atoms with Crippen LogP contribution in [-0.4, -0.2) is 37.7 Å². The Bertz CT molecular complexity index is 935. The van der Waals surface area contributed by atoms with Crippen molar-refractivity contribution in [3.8, 4) is 11.1 Å². The first-order valence-corrected chi connectivity index (χ1v) is 10.8. The van der Waals surface area contributed by atoms with E-state index >= 15 is 0 Å². The van der Waals surface area contributed by atoms with Crippen molar-refractivity contribution in [3.63, 3.8) is 0 Å². The van der Waals surface area contributed by atoms with Crippen LogP contribution in [0.1, 0.15) is 47.1 Å². The summed E-state index contributed by atoms with van der Waals surface area (Å²) in [6.07, 6.45) is -0.623. The number of nitrogens with zero attached hydrogens (tertiary/aromatic N) is 1. The first kappa shape index (κ1) is 22.2. The van der Waals surface area contributed by atoms with Crippen molar-refractivity contribution >= 4 is 23.8 Å². The van der Waals surface area contributed by atoms with Gasteiger partial charge in [0, 0.05) is 4.75 Å². The molecule has 2 aromatic rings. The van der Waals surface area contributed by atoms with Crippen molar-refractivity contribution in [1.29, 1.82) is 0 Å². The van der Waals surface area contributed by atoms with Crippen LogP contribution in [0.5, 0.6) is 0 Å². The largest absolute Gasteiger partial charge is 0.480 e. The lowest BCUT2D eigenvalue weighted by molar-refractivity contribution is -0.144. The molecule has 0 spiro atoms. The van der Waals surface area contributed by atoms with Gasteiger partial charge in [-0.25, -0.2) is 9.59 Å². The summed E-state index contributed by atoms with van der Waals surface area (Å²) in [5, 5.41) is 9.79. The number of hydrogen-bond acceptors (Lipinski definition) is 4. The Morgan fingerprint density at radius 3 is 2.03 bits per heavy atom. The van der Waals surface area contributed by atoms with Crippen molar-refractivity contribution < 1.29 is 19.4 Å². The van der Waals surface area contributed by atoms with Crippen molar-refractivity contribution in [2.45, 2.75) is 62.8 Å². The first-order chi connectivity index (χ1) is 13.8. The van der Waals surface area contributed by atoms with Crippen LogP contribution in [0.3, 0.4) is 0 Å². The Hall–Kier alpha value is -2.47.